The lowest BCUT2D eigenvalue weighted by molar-refractivity contribution is 0.235. The molecule has 4 heteroatoms. The van der Waals surface area contributed by atoms with Crippen molar-refractivity contribution in [2.24, 2.45) is 10.4 Å². The first kappa shape index (κ1) is 20.4. The first-order valence-corrected chi connectivity index (χ1v) is 10.8. The molecule has 3 nitrogen and oxygen atoms in total. The topological polar surface area (TPSA) is 34.5 Å². The van der Waals surface area contributed by atoms with Crippen LogP contribution in [0.25, 0.3) is 0 Å². The lowest BCUT2D eigenvalue weighted by Crippen LogP contribution is -2.26. The van der Waals surface area contributed by atoms with Gasteiger partial charge in [0.1, 0.15) is 12.3 Å². The van der Waals surface area contributed by atoms with Crippen LogP contribution in [0, 0.1) is 5.41 Å². The van der Waals surface area contributed by atoms with Crippen molar-refractivity contribution in [3.05, 3.63) is 29.6 Å². The standard InChI is InChI=1S/C21H35N2OP/c1-19(2,3)17-13-24-18(23-17)16-12-10-11-15(22-16)14-25(20(4,5)6)21(7,8)9/h10-12,17H,13-14H2,1-9H3/t17-/m1/s1. The van der Waals surface area contributed by atoms with E-state index in [1.165, 1.54) is 0 Å². The van der Waals surface area contributed by atoms with Gasteiger partial charge in [-0.15, -0.1) is 0 Å². The molecule has 2 heterocycles. The molecule has 0 saturated carbocycles. The second kappa shape index (κ2) is 6.99. The molecule has 2 rings (SSSR count). The number of pyridine rings is 1. The molecular formula is C21H35N2OP. The highest BCUT2D eigenvalue weighted by atomic mass is 31.1. The summed E-state index contributed by atoms with van der Waals surface area (Å²) in [7, 11) is -0.214. The van der Waals surface area contributed by atoms with Crippen LogP contribution < -0.4 is 0 Å². The van der Waals surface area contributed by atoms with Crippen molar-refractivity contribution in [1.29, 1.82) is 0 Å². The first-order valence-electron chi connectivity index (χ1n) is 9.23. The van der Waals surface area contributed by atoms with Crippen molar-refractivity contribution in [2.75, 3.05) is 6.61 Å². The van der Waals surface area contributed by atoms with Crippen LogP contribution in [0.5, 0.6) is 0 Å². The summed E-state index contributed by atoms with van der Waals surface area (Å²) in [5.41, 5.74) is 2.15. The molecule has 0 amide bonds. The van der Waals surface area contributed by atoms with Gasteiger partial charge in [-0.25, -0.2) is 9.98 Å². The third-order valence-electron chi connectivity index (χ3n) is 4.62. The summed E-state index contributed by atoms with van der Waals surface area (Å²) in [4.78, 5) is 9.68. The van der Waals surface area contributed by atoms with Crippen LogP contribution in [0.15, 0.2) is 23.2 Å². The molecule has 0 fully saturated rings. The maximum atomic E-state index is 5.87. The molecule has 0 bridgehead atoms. The highest BCUT2D eigenvalue weighted by Gasteiger charge is 2.35. The molecule has 0 unspecified atom stereocenters. The summed E-state index contributed by atoms with van der Waals surface area (Å²) in [6.07, 6.45) is 1.03. The Labute approximate surface area is 155 Å². The summed E-state index contributed by atoms with van der Waals surface area (Å²) in [6.45, 7) is 21.4. The molecule has 1 aromatic rings. The minimum atomic E-state index is -0.214. The first-order chi connectivity index (χ1) is 11.3. The van der Waals surface area contributed by atoms with Crippen LogP contribution in [0.4, 0.5) is 0 Å². The molecule has 0 spiro atoms. The van der Waals surface area contributed by atoms with E-state index in [1.807, 2.05) is 6.07 Å². The van der Waals surface area contributed by atoms with Gasteiger partial charge in [-0.3, -0.25) is 0 Å². The van der Waals surface area contributed by atoms with Crippen LogP contribution >= 0.6 is 7.92 Å². The van der Waals surface area contributed by atoms with Crippen molar-refractivity contribution >= 4 is 13.8 Å². The summed E-state index contributed by atoms with van der Waals surface area (Å²) < 4.78 is 5.87. The normalized spacial score (nSPS) is 19.1. The number of aliphatic imine (C=N–C) groups is 1. The van der Waals surface area contributed by atoms with Gasteiger partial charge in [0, 0.05) is 11.9 Å². The number of nitrogens with zero attached hydrogens (tertiary/aromatic N) is 2. The number of hydrogen-bond donors (Lipinski definition) is 0. The monoisotopic (exact) mass is 362 g/mol. The quantitative estimate of drug-likeness (QED) is 0.632. The van der Waals surface area contributed by atoms with Crippen LogP contribution in [0.2, 0.25) is 0 Å². The molecule has 0 saturated heterocycles. The Kier molecular flexibility index (Phi) is 5.69. The Balaban J connectivity index is 2.25. The Morgan fingerprint density at radius 2 is 1.60 bits per heavy atom. The fourth-order valence-electron chi connectivity index (χ4n) is 3.29. The number of rotatable bonds is 3. The van der Waals surface area contributed by atoms with Crippen molar-refractivity contribution in [2.45, 2.75) is 84.8 Å². The maximum absolute atomic E-state index is 5.87. The average Bonchev–Trinajstić information content (AvgIpc) is 2.92. The maximum Gasteiger partial charge on any atom is 0.235 e. The van der Waals surface area contributed by atoms with Crippen LogP contribution in [-0.2, 0) is 10.9 Å². The van der Waals surface area contributed by atoms with Gasteiger partial charge in [0.25, 0.3) is 0 Å². The van der Waals surface area contributed by atoms with Gasteiger partial charge in [-0.05, 0) is 27.9 Å². The van der Waals surface area contributed by atoms with E-state index in [1.54, 1.807) is 0 Å². The van der Waals surface area contributed by atoms with E-state index in [4.69, 9.17) is 14.7 Å². The van der Waals surface area contributed by atoms with Gasteiger partial charge in [0.2, 0.25) is 5.90 Å². The molecular weight excluding hydrogens is 327 g/mol. The van der Waals surface area contributed by atoms with E-state index in [0.29, 0.717) is 22.8 Å². The summed E-state index contributed by atoms with van der Waals surface area (Å²) in [6, 6.07) is 6.46. The summed E-state index contributed by atoms with van der Waals surface area (Å²) in [5.74, 6) is 0.706. The van der Waals surface area contributed by atoms with Crippen molar-refractivity contribution in [1.82, 2.24) is 4.98 Å². The minimum Gasteiger partial charge on any atom is -0.474 e. The van der Waals surface area contributed by atoms with Crippen LogP contribution in [0.3, 0.4) is 0 Å². The van der Waals surface area contributed by atoms with Gasteiger partial charge < -0.3 is 4.74 Å². The smallest absolute Gasteiger partial charge is 0.235 e. The van der Waals surface area contributed by atoms with Gasteiger partial charge >= 0.3 is 0 Å². The second-order valence-electron chi connectivity index (χ2n) is 10.1. The molecule has 1 aromatic heterocycles. The average molecular weight is 362 g/mol. The van der Waals surface area contributed by atoms with Gasteiger partial charge in [-0.2, -0.15) is 0 Å². The fraction of sp³-hybridized carbons (Fsp3) is 0.714. The summed E-state index contributed by atoms with van der Waals surface area (Å²) >= 11 is 0. The number of ether oxygens (including phenoxy) is 1. The highest BCUT2D eigenvalue weighted by Crippen LogP contribution is 2.61. The van der Waals surface area contributed by atoms with Crippen LogP contribution in [-0.4, -0.2) is 33.8 Å². The van der Waals surface area contributed by atoms with Gasteiger partial charge in [0.15, 0.2) is 0 Å². The van der Waals surface area contributed by atoms with Crippen LogP contribution in [0.1, 0.15) is 73.7 Å². The minimum absolute atomic E-state index is 0.117. The third kappa shape index (κ3) is 5.26. The van der Waals surface area contributed by atoms with E-state index < -0.39 is 0 Å². The molecule has 1 aliphatic heterocycles. The second-order valence-corrected chi connectivity index (χ2v) is 13.9. The Morgan fingerprint density at radius 3 is 2.08 bits per heavy atom. The largest absolute Gasteiger partial charge is 0.474 e. The zero-order valence-electron chi connectivity index (χ0n) is 17.5. The molecule has 25 heavy (non-hydrogen) atoms. The van der Waals surface area contributed by atoms with Crippen molar-refractivity contribution in [3.63, 3.8) is 0 Å². The predicted octanol–water partition coefficient (Wildman–Crippen LogP) is 5.85. The van der Waals surface area contributed by atoms with E-state index in [9.17, 15) is 0 Å². The Hall–Kier alpha value is -0.950. The molecule has 0 aromatic carbocycles. The van der Waals surface area contributed by atoms with Crippen molar-refractivity contribution < 1.29 is 4.74 Å². The SMILES string of the molecule is CC(C)(C)[C@H]1COC(c2cccc(CP(C(C)(C)C)C(C)(C)C)n2)=N1. The molecule has 0 radical (unpaired) electrons. The predicted molar refractivity (Wildman–Crippen MR) is 110 cm³/mol. The molecule has 1 atom stereocenters. The molecule has 0 aliphatic carbocycles. The summed E-state index contributed by atoms with van der Waals surface area (Å²) in [5, 5.41) is 0.591. The lowest BCUT2D eigenvalue weighted by atomic mass is 9.88. The third-order valence-corrected chi connectivity index (χ3v) is 8.50. The lowest BCUT2D eigenvalue weighted by Gasteiger charge is -2.41. The van der Waals surface area contributed by atoms with E-state index in [-0.39, 0.29) is 19.4 Å². The highest BCUT2D eigenvalue weighted by molar-refractivity contribution is 7.60. The fourth-order valence-corrected chi connectivity index (χ4v) is 6.75. The van der Waals surface area contributed by atoms with E-state index >= 15 is 0 Å². The molecule has 140 valence electrons. The Bertz CT molecular complexity index is 619. The van der Waals surface area contributed by atoms with Gasteiger partial charge in [-0.1, -0.05) is 76.3 Å². The van der Waals surface area contributed by atoms with Gasteiger partial charge in [0.05, 0.1) is 6.04 Å². The number of aromatic nitrogens is 1. The number of hydrogen-bond acceptors (Lipinski definition) is 3. The van der Waals surface area contributed by atoms with Crippen molar-refractivity contribution in [3.8, 4) is 0 Å². The van der Waals surface area contributed by atoms with E-state index in [0.717, 1.165) is 17.5 Å². The molecule has 0 N–H and O–H groups in total. The molecule has 1 aliphatic rings. The zero-order valence-corrected chi connectivity index (χ0v) is 18.4. The Morgan fingerprint density at radius 1 is 1.00 bits per heavy atom. The zero-order chi connectivity index (χ0) is 19.0. The van der Waals surface area contributed by atoms with E-state index in [2.05, 4.69) is 74.4 Å².